The highest BCUT2D eigenvalue weighted by Gasteiger charge is 2.18. The molecule has 1 aromatic rings. The van der Waals surface area contributed by atoms with E-state index in [-0.39, 0.29) is 16.6 Å². The average molecular weight is 312 g/mol. The Bertz CT molecular complexity index is 557. The van der Waals surface area contributed by atoms with Gasteiger partial charge in [-0.05, 0) is 31.4 Å². The summed E-state index contributed by atoms with van der Waals surface area (Å²) in [5.41, 5.74) is 1.35. The number of carbonyl (C=O) groups is 1. The van der Waals surface area contributed by atoms with Crippen LogP contribution in [0, 0.1) is 17.0 Å². The lowest BCUT2D eigenvalue weighted by Crippen LogP contribution is -2.29. The molecule has 0 aliphatic carbocycles. The number of halogens is 1. The van der Waals surface area contributed by atoms with E-state index >= 15 is 0 Å². The van der Waals surface area contributed by atoms with E-state index in [9.17, 15) is 14.9 Å². The highest BCUT2D eigenvalue weighted by Crippen LogP contribution is 2.30. The van der Waals surface area contributed by atoms with Crippen LogP contribution in [-0.4, -0.2) is 35.4 Å². The van der Waals surface area contributed by atoms with Crippen LogP contribution in [0.2, 0.25) is 5.02 Å². The van der Waals surface area contributed by atoms with Crippen molar-refractivity contribution in [2.45, 2.75) is 26.2 Å². The van der Waals surface area contributed by atoms with Crippen molar-refractivity contribution < 1.29 is 9.72 Å². The summed E-state index contributed by atoms with van der Waals surface area (Å²) in [7, 11) is 0. The Balaban J connectivity index is 1.92. The van der Waals surface area contributed by atoms with Crippen molar-refractivity contribution in [3.05, 3.63) is 32.8 Å². The molecule has 1 aliphatic rings. The Morgan fingerprint density at radius 2 is 2.10 bits per heavy atom. The fraction of sp³-hybridized carbons (Fsp3) is 0.500. The lowest BCUT2D eigenvalue weighted by molar-refractivity contribution is -0.384. The number of nitro groups is 1. The summed E-state index contributed by atoms with van der Waals surface area (Å²) in [5, 5.41) is 14.0. The topological polar surface area (TPSA) is 75.5 Å². The fourth-order valence-corrected chi connectivity index (χ4v) is 2.66. The number of amides is 1. The molecule has 1 heterocycles. The van der Waals surface area contributed by atoms with Crippen LogP contribution in [0.5, 0.6) is 0 Å². The molecular weight excluding hydrogens is 294 g/mol. The first-order chi connectivity index (χ1) is 9.99. The lowest BCUT2D eigenvalue weighted by atomic mass is 10.1. The predicted molar refractivity (Wildman–Crippen MR) is 81.8 cm³/mol. The van der Waals surface area contributed by atoms with Crippen LogP contribution < -0.4 is 5.32 Å². The number of aryl methyl sites for hydroxylation is 1. The minimum Gasteiger partial charge on any atom is -0.384 e. The molecule has 1 N–H and O–H groups in total. The van der Waals surface area contributed by atoms with Crippen LogP contribution >= 0.6 is 11.6 Å². The number of benzene rings is 1. The second-order valence-electron chi connectivity index (χ2n) is 5.14. The quantitative estimate of drug-likeness (QED) is 0.670. The Morgan fingerprint density at radius 1 is 1.43 bits per heavy atom. The van der Waals surface area contributed by atoms with Crippen LogP contribution in [0.15, 0.2) is 12.1 Å². The molecule has 21 heavy (non-hydrogen) atoms. The third-order valence-electron chi connectivity index (χ3n) is 3.60. The Kier molecular flexibility index (Phi) is 5.01. The molecule has 7 heteroatoms. The highest BCUT2D eigenvalue weighted by molar-refractivity contribution is 6.33. The molecule has 0 atom stereocenters. The first-order valence-electron chi connectivity index (χ1n) is 6.95. The molecule has 0 saturated carbocycles. The highest BCUT2D eigenvalue weighted by atomic mass is 35.5. The van der Waals surface area contributed by atoms with Crippen LogP contribution in [0.4, 0.5) is 11.4 Å². The number of likely N-dealkylation sites (tertiary alicyclic amines) is 1. The second-order valence-corrected chi connectivity index (χ2v) is 5.55. The zero-order valence-electron chi connectivity index (χ0n) is 11.9. The lowest BCUT2D eigenvalue weighted by Gasteiger charge is -2.16. The molecule has 2 rings (SSSR count). The zero-order valence-corrected chi connectivity index (χ0v) is 12.7. The molecule has 0 bridgehead atoms. The first kappa shape index (κ1) is 15.6. The number of nitrogens with zero attached hydrogens (tertiary/aromatic N) is 2. The van der Waals surface area contributed by atoms with Crippen molar-refractivity contribution in [3.8, 4) is 0 Å². The predicted octanol–water partition coefficient (Wildman–Crippen LogP) is 2.98. The maximum Gasteiger partial charge on any atom is 0.288 e. The summed E-state index contributed by atoms with van der Waals surface area (Å²) >= 11 is 5.88. The molecule has 0 unspecified atom stereocenters. The maximum atomic E-state index is 11.9. The fourth-order valence-electron chi connectivity index (χ4n) is 2.43. The summed E-state index contributed by atoms with van der Waals surface area (Å²) in [5.74, 6) is 0.144. The van der Waals surface area contributed by atoms with E-state index < -0.39 is 4.92 Å². The first-order valence-corrected chi connectivity index (χ1v) is 7.33. The van der Waals surface area contributed by atoms with Gasteiger partial charge in [0.2, 0.25) is 5.91 Å². The molecular formula is C14H18ClN3O3. The smallest absolute Gasteiger partial charge is 0.288 e. The number of rotatable bonds is 5. The van der Waals surface area contributed by atoms with Crippen molar-refractivity contribution >= 4 is 28.9 Å². The monoisotopic (exact) mass is 311 g/mol. The summed E-state index contributed by atoms with van der Waals surface area (Å²) in [4.78, 5) is 24.1. The van der Waals surface area contributed by atoms with Crippen molar-refractivity contribution in [2.75, 3.05) is 25.0 Å². The van der Waals surface area contributed by atoms with Crippen molar-refractivity contribution in [3.63, 3.8) is 0 Å². The van der Waals surface area contributed by atoms with Gasteiger partial charge in [-0.15, -0.1) is 0 Å². The van der Waals surface area contributed by atoms with Crippen LogP contribution in [0.3, 0.4) is 0 Å². The standard InChI is InChI=1S/C14H18ClN3O3/c1-10-8-13(18(20)21)11(15)9-12(10)16-5-4-14(19)17-6-2-3-7-17/h8-9,16H,2-7H2,1H3. The number of nitrogens with one attached hydrogen (secondary N) is 1. The van der Waals surface area contributed by atoms with E-state index in [1.165, 1.54) is 12.1 Å². The van der Waals surface area contributed by atoms with Crippen LogP contribution in [0.25, 0.3) is 0 Å². The number of hydrogen-bond acceptors (Lipinski definition) is 4. The number of carbonyl (C=O) groups excluding carboxylic acids is 1. The number of nitro benzene ring substituents is 1. The van der Waals surface area contributed by atoms with E-state index in [4.69, 9.17) is 11.6 Å². The average Bonchev–Trinajstić information content (AvgIpc) is 2.95. The molecule has 0 aromatic heterocycles. The van der Waals surface area contributed by atoms with Gasteiger partial charge >= 0.3 is 0 Å². The maximum absolute atomic E-state index is 11.9. The van der Waals surface area contributed by atoms with Crippen LogP contribution in [-0.2, 0) is 4.79 Å². The number of anilines is 1. The van der Waals surface area contributed by atoms with Gasteiger partial charge in [-0.1, -0.05) is 11.6 Å². The van der Waals surface area contributed by atoms with Gasteiger partial charge in [0.15, 0.2) is 0 Å². The minimum atomic E-state index is -0.504. The Hall–Kier alpha value is -1.82. The molecule has 0 radical (unpaired) electrons. The van der Waals surface area contributed by atoms with Gasteiger partial charge in [-0.3, -0.25) is 14.9 Å². The van der Waals surface area contributed by atoms with E-state index in [1.807, 2.05) is 4.90 Å². The third kappa shape index (κ3) is 3.85. The summed E-state index contributed by atoms with van der Waals surface area (Å²) in [6.07, 6.45) is 2.57. The largest absolute Gasteiger partial charge is 0.384 e. The van der Waals surface area contributed by atoms with Crippen molar-refractivity contribution in [1.29, 1.82) is 0 Å². The molecule has 1 saturated heterocycles. The van der Waals surface area contributed by atoms with Gasteiger partial charge < -0.3 is 10.2 Å². The van der Waals surface area contributed by atoms with Gasteiger partial charge in [0.05, 0.1) is 4.92 Å². The zero-order chi connectivity index (χ0) is 15.4. The molecule has 1 aromatic carbocycles. The van der Waals surface area contributed by atoms with Gasteiger partial charge in [0, 0.05) is 37.8 Å². The van der Waals surface area contributed by atoms with Gasteiger partial charge in [-0.2, -0.15) is 0 Å². The molecule has 1 fully saturated rings. The molecule has 6 nitrogen and oxygen atoms in total. The molecule has 1 amide bonds. The van der Waals surface area contributed by atoms with E-state index in [2.05, 4.69) is 5.32 Å². The molecule has 114 valence electrons. The van der Waals surface area contributed by atoms with E-state index in [1.54, 1.807) is 6.92 Å². The summed E-state index contributed by atoms with van der Waals surface area (Å²) in [6.45, 7) is 3.96. The van der Waals surface area contributed by atoms with Crippen molar-refractivity contribution in [1.82, 2.24) is 4.90 Å². The minimum absolute atomic E-state index is 0.0963. The van der Waals surface area contributed by atoms with E-state index in [0.29, 0.717) is 13.0 Å². The van der Waals surface area contributed by atoms with Crippen LogP contribution in [0.1, 0.15) is 24.8 Å². The normalized spacial score (nSPS) is 14.3. The Labute approximate surface area is 128 Å². The van der Waals surface area contributed by atoms with E-state index in [0.717, 1.165) is 37.2 Å². The molecule has 0 spiro atoms. The summed E-state index contributed by atoms with van der Waals surface area (Å²) < 4.78 is 0. The molecule has 1 aliphatic heterocycles. The third-order valence-corrected chi connectivity index (χ3v) is 3.91. The van der Waals surface area contributed by atoms with Gasteiger partial charge in [0.1, 0.15) is 5.02 Å². The summed E-state index contributed by atoms with van der Waals surface area (Å²) in [6, 6.07) is 2.97. The van der Waals surface area contributed by atoms with Gasteiger partial charge in [-0.25, -0.2) is 0 Å². The SMILES string of the molecule is Cc1cc([N+](=O)[O-])c(Cl)cc1NCCC(=O)N1CCCC1. The van der Waals surface area contributed by atoms with Gasteiger partial charge in [0.25, 0.3) is 5.69 Å². The Morgan fingerprint density at radius 3 is 2.71 bits per heavy atom. The second kappa shape index (κ2) is 6.76. The number of hydrogen-bond donors (Lipinski definition) is 1. The van der Waals surface area contributed by atoms with Crippen molar-refractivity contribution in [2.24, 2.45) is 0 Å².